The summed E-state index contributed by atoms with van der Waals surface area (Å²) >= 11 is 7.48. The van der Waals surface area contributed by atoms with E-state index in [4.69, 9.17) is 0 Å². The van der Waals surface area contributed by atoms with Gasteiger partial charge < -0.3 is 6.92 Å². The fraction of sp³-hybridized carbons (Fsp3) is 0.0577. The monoisotopic (exact) mass is 810 g/mol. The van der Waals surface area contributed by atoms with E-state index in [1.165, 1.54) is 116 Å². The molecule has 2 heterocycles. The first-order valence-electron chi connectivity index (χ1n) is 18.9. The van der Waals surface area contributed by atoms with Crippen LogP contribution in [0.15, 0.2) is 168 Å². The summed E-state index contributed by atoms with van der Waals surface area (Å²) < 4.78 is 6.58. The van der Waals surface area contributed by atoms with Gasteiger partial charge in [0.05, 0.1) is 0 Å². The van der Waals surface area contributed by atoms with E-state index in [0.717, 1.165) is 6.42 Å². The number of unbranched alkanes of at least 4 members (excludes halogenated alkanes) is 1. The molecule has 0 aliphatic rings. The van der Waals surface area contributed by atoms with E-state index in [0.29, 0.717) is 0 Å². The first kappa shape index (κ1) is 36.9. The summed E-state index contributed by atoms with van der Waals surface area (Å²) in [5.41, 5.74) is 0. The summed E-state index contributed by atoms with van der Waals surface area (Å²) in [6.45, 7) is 5.72. The van der Waals surface area contributed by atoms with Crippen molar-refractivity contribution in [2.45, 2.75) is 19.8 Å². The number of hydrogen-bond acceptors (Lipinski definition) is 2. The number of halogens is 1. The van der Waals surface area contributed by atoms with Crippen LogP contribution in [-0.2, 0) is 0 Å². The fourth-order valence-electron chi connectivity index (χ4n) is 8.28. The van der Waals surface area contributed by atoms with E-state index in [-0.39, 0.29) is 18.9 Å². The number of thiophene rings is 2. The van der Waals surface area contributed by atoms with Crippen molar-refractivity contribution in [2.75, 3.05) is 0 Å². The van der Waals surface area contributed by atoms with Gasteiger partial charge in [-0.15, -0.1) is 22.7 Å². The summed E-state index contributed by atoms with van der Waals surface area (Å²) in [6, 6.07) is 59.9. The molecule has 12 aromatic rings. The maximum atomic E-state index is 3.72. The van der Waals surface area contributed by atoms with E-state index in [2.05, 4.69) is 194 Å². The van der Waals surface area contributed by atoms with Gasteiger partial charge in [-0.25, -0.2) is 0 Å². The molecule has 0 N–H and O–H groups in total. The molecule has 0 fully saturated rings. The second kappa shape index (κ2) is 15.3. The number of rotatable bonds is 1. The molecule has 10 aromatic carbocycles. The van der Waals surface area contributed by atoms with Crippen molar-refractivity contribution in [1.29, 1.82) is 0 Å². The third-order valence-corrected chi connectivity index (χ3v) is 14.2. The SMILES string of the molecule is Brc1cccc2c1sc1cc3c4ccccc4c4ccccc4c3cc12.[CH2-]CCC.[Li+].c1ccc2c(c1)sc1cc3c4ccccc4c4ccccc4c3cc12. The van der Waals surface area contributed by atoms with Crippen molar-refractivity contribution in [3.8, 4) is 0 Å². The third-order valence-electron chi connectivity index (χ3n) is 10.9. The summed E-state index contributed by atoms with van der Waals surface area (Å²) in [6.07, 6.45) is 2.28. The Labute approximate surface area is 354 Å². The molecular weight excluding hydrogens is 776 g/mol. The molecule has 0 atom stereocenters. The Kier molecular flexibility index (Phi) is 10.1. The minimum absolute atomic E-state index is 0. The minimum Gasteiger partial charge on any atom is -0.343 e. The van der Waals surface area contributed by atoms with Crippen molar-refractivity contribution in [1.82, 2.24) is 0 Å². The quantitative estimate of drug-likeness (QED) is 0.0880. The maximum Gasteiger partial charge on any atom is 1.00 e. The molecule has 0 nitrogen and oxygen atoms in total. The zero-order valence-corrected chi connectivity index (χ0v) is 34.6. The summed E-state index contributed by atoms with van der Waals surface area (Å²) in [4.78, 5) is 0. The molecule has 0 aliphatic heterocycles. The standard InChI is InChI=1S/C24H13BrS.C24H14S.C4H9.Li/c25-22-11-5-10-18-21-12-19-16-8-3-1-6-14(16)15-7-2-4-9-17(15)20(19)13-23(21)26-24(18)22;1-3-9-17-15(7-1)16-8-2-4-10-18(16)21-14-24-22(13-20(17)21)19-11-5-6-12-23(19)25-24;1-3-4-2;/h1-13H;1-14H;1,3-4H2,2H3;/q;;-1;+1. The first-order valence-corrected chi connectivity index (χ1v) is 21.3. The second-order valence-corrected chi connectivity index (χ2v) is 17.1. The smallest absolute Gasteiger partial charge is 0.343 e. The van der Waals surface area contributed by atoms with E-state index in [9.17, 15) is 0 Å². The van der Waals surface area contributed by atoms with Gasteiger partial charge in [-0.3, -0.25) is 0 Å². The molecule has 2 aromatic heterocycles. The average Bonchev–Trinajstić information content (AvgIpc) is 3.81. The molecule has 0 bridgehead atoms. The minimum atomic E-state index is 0. The largest absolute Gasteiger partial charge is 1.00 e. The molecule has 0 radical (unpaired) electrons. The molecule has 0 unspecified atom stereocenters. The van der Waals surface area contributed by atoms with Crippen molar-refractivity contribution >= 4 is 144 Å². The van der Waals surface area contributed by atoms with Crippen molar-refractivity contribution in [2.24, 2.45) is 0 Å². The van der Waals surface area contributed by atoms with Crippen LogP contribution in [0, 0.1) is 6.92 Å². The molecule has 0 spiro atoms. The van der Waals surface area contributed by atoms with Crippen molar-refractivity contribution < 1.29 is 18.9 Å². The fourth-order valence-corrected chi connectivity index (χ4v) is 11.1. The Morgan fingerprint density at radius 3 is 1.16 bits per heavy atom. The van der Waals surface area contributed by atoms with E-state index >= 15 is 0 Å². The van der Waals surface area contributed by atoms with Gasteiger partial charge in [0.2, 0.25) is 0 Å². The van der Waals surface area contributed by atoms with Crippen LogP contribution in [0.25, 0.3) is 105 Å². The molecule has 0 amide bonds. The maximum absolute atomic E-state index is 3.72. The van der Waals surface area contributed by atoms with Gasteiger partial charge in [0.1, 0.15) is 0 Å². The second-order valence-electron chi connectivity index (χ2n) is 14.1. The Bertz CT molecular complexity index is 3430. The Morgan fingerprint density at radius 2 is 0.714 bits per heavy atom. The molecular formula is C52H36BrLiS2. The third kappa shape index (κ3) is 6.09. The van der Waals surface area contributed by atoms with Gasteiger partial charge in [-0.1, -0.05) is 141 Å². The Hall–Kier alpha value is -4.72. The summed E-state index contributed by atoms with van der Waals surface area (Å²) in [5.74, 6) is 0. The predicted molar refractivity (Wildman–Crippen MR) is 252 cm³/mol. The van der Waals surface area contributed by atoms with Crippen LogP contribution in [-0.4, -0.2) is 0 Å². The Balaban J connectivity index is 0.000000132. The molecule has 0 aliphatic carbocycles. The van der Waals surface area contributed by atoms with Gasteiger partial charge in [-0.05, 0) is 117 Å². The van der Waals surface area contributed by atoms with Crippen molar-refractivity contribution in [3.63, 3.8) is 0 Å². The van der Waals surface area contributed by atoms with Crippen LogP contribution in [0.5, 0.6) is 0 Å². The molecule has 0 saturated carbocycles. The molecule has 56 heavy (non-hydrogen) atoms. The zero-order valence-electron chi connectivity index (χ0n) is 31.4. The van der Waals surface area contributed by atoms with Gasteiger partial charge in [-0.2, -0.15) is 6.42 Å². The van der Waals surface area contributed by atoms with Crippen LogP contribution in [0.3, 0.4) is 0 Å². The first-order chi connectivity index (χ1) is 27.1. The number of fused-ring (bicyclic) bond motifs is 18. The molecule has 4 heteroatoms. The topological polar surface area (TPSA) is 0 Å². The van der Waals surface area contributed by atoms with Crippen LogP contribution >= 0.6 is 38.6 Å². The van der Waals surface area contributed by atoms with Crippen LogP contribution in [0.4, 0.5) is 0 Å². The number of hydrogen-bond donors (Lipinski definition) is 0. The normalized spacial score (nSPS) is 11.5. The van der Waals surface area contributed by atoms with Crippen LogP contribution in [0.1, 0.15) is 19.8 Å². The van der Waals surface area contributed by atoms with Gasteiger partial charge in [0, 0.05) is 44.8 Å². The summed E-state index contributed by atoms with van der Waals surface area (Å²) in [5, 5.41) is 21.5. The Morgan fingerprint density at radius 1 is 0.375 bits per heavy atom. The molecule has 0 saturated heterocycles. The van der Waals surface area contributed by atoms with Crippen LogP contribution in [0.2, 0.25) is 0 Å². The van der Waals surface area contributed by atoms with E-state index in [1.54, 1.807) is 0 Å². The molecule has 264 valence electrons. The van der Waals surface area contributed by atoms with Gasteiger partial charge >= 0.3 is 18.9 Å². The molecule has 12 rings (SSSR count). The van der Waals surface area contributed by atoms with E-state index in [1.807, 2.05) is 22.7 Å². The van der Waals surface area contributed by atoms with Gasteiger partial charge in [0.25, 0.3) is 0 Å². The zero-order chi connectivity index (χ0) is 37.0. The van der Waals surface area contributed by atoms with Crippen LogP contribution < -0.4 is 18.9 Å². The van der Waals surface area contributed by atoms with Crippen molar-refractivity contribution in [3.05, 3.63) is 175 Å². The van der Waals surface area contributed by atoms with Gasteiger partial charge in [0.15, 0.2) is 0 Å². The predicted octanol–water partition coefficient (Wildman–Crippen LogP) is 14.4. The average molecular weight is 812 g/mol. The number of benzene rings is 10. The summed E-state index contributed by atoms with van der Waals surface area (Å²) in [7, 11) is 0. The van der Waals surface area contributed by atoms with E-state index < -0.39 is 0 Å².